The molecular weight excluding hydrogens is 344 g/mol. The molecule has 2 aliphatic rings. The fraction of sp³-hybridized carbons (Fsp3) is 0.368. The first-order chi connectivity index (χ1) is 13.2. The molecule has 1 aromatic heterocycles. The molecule has 0 radical (unpaired) electrons. The zero-order valence-electron chi connectivity index (χ0n) is 15.0. The number of anilines is 2. The molecule has 8 nitrogen and oxygen atoms in total. The van der Waals surface area contributed by atoms with Gasteiger partial charge < -0.3 is 20.0 Å². The monoisotopic (exact) mass is 366 g/mol. The van der Waals surface area contributed by atoms with Gasteiger partial charge in [-0.15, -0.1) is 0 Å². The van der Waals surface area contributed by atoms with Crippen LogP contribution in [0.3, 0.4) is 0 Å². The Morgan fingerprint density at radius 2 is 1.67 bits per heavy atom. The van der Waals surface area contributed by atoms with E-state index in [4.69, 9.17) is 0 Å². The van der Waals surface area contributed by atoms with Crippen molar-refractivity contribution < 1.29 is 9.59 Å². The second-order valence-electron chi connectivity index (χ2n) is 6.64. The van der Waals surface area contributed by atoms with Crippen LogP contribution in [-0.4, -0.2) is 65.6 Å². The van der Waals surface area contributed by atoms with Gasteiger partial charge in [-0.05, 0) is 24.6 Å². The Morgan fingerprint density at radius 1 is 0.963 bits per heavy atom. The molecule has 0 saturated carbocycles. The van der Waals surface area contributed by atoms with Crippen LogP contribution in [0, 0.1) is 0 Å². The molecule has 1 aromatic carbocycles. The first kappa shape index (κ1) is 17.3. The van der Waals surface area contributed by atoms with Gasteiger partial charge in [0, 0.05) is 50.8 Å². The lowest BCUT2D eigenvalue weighted by atomic mass is 10.2. The maximum Gasteiger partial charge on any atom is 0.318 e. The van der Waals surface area contributed by atoms with Crippen molar-refractivity contribution in [3.8, 4) is 0 Å². The third kappa shape index (κ3) is 3.69. The quantitative estimate of drug-likeness (QED) is 0.880. The molecule has 2 saturated heterocycles. The molecule has 4 rings (SSSR count). The Balaban J connectivity index is 1.31. The Morgan fingerprint density at radius 3 is 2.37 bits per heavy atom. The standard InChI is InChI=1S/C19H22N6O2/c26-17-16(7-10-25(17)15-5-2-1-3-6-15)22-19(27)24-13-11-23(12-14-24)18-20-8-4-9-21-18/h1-6,8-9,16H,7,10-14H2,(H,22,27). The summed E-state index contributed by atoms with van der Waals surface area (Å²) in [6, 6.07) is 10.7. The highest BCUT2D eigenvalue weighted by atomic mass is 16.2. The van der Waals surface area contributed by atoms with E-state index in [2.05, 4.69) is 20.2 Å². The maximum atomic E-state index is 12.6. The molecule has 2 fully saturated rings. The zero-order chi connectivity index (χ0) is 18.6. The minimum absolute atomic E-state index is 0.0501. The van der Waals surface area contributed by atoms with Crippen molar-refractivity contribution in [2.45, 2.75) is 12.5 Å². The second-order valence-corrected chi connectivity index (χ2v) is 6.64. The lowest BCUT2D eigenvalue weighted by molar-refractivity contribution is -0.118. The summed E-state index contributed by atoms with van der Waals surface area (Å²) in [7, 11) is 0. The number of nitrogens with one attached hydrogen (secondary N) is 1. The fourth-order valence-corrected chi connectivity index (χ4v) is 3.48. The van der Waals surface area contributed by atoms with Gasteiger partial charge in [0.1, 0.15) is 6.04 Å². The highest BCUT2D eigenvalue weighted by molar-refractivity contribution is 6.01. The Labute approximate surface area is 157 Å². The molecule has 0 bridgehead atoms. The Kier molecular flexibility index (Phi) is 4.86. The van der Waals surface area contributed by atoms with Gasteiger partial charge in [-0.2, -0.15) is 0 Å². The second kappa shape index (κ2) is 7.61. The van der Waals surface area contributed by atoms with E-state index >= 15 is 0 Å². The van der Waals surface area contributed by atoms with Crippen LogP contribution in [0.2, 0.25) is 0 Å². The first-order valence-corrected chi connectivity index (χ1v) is 9.16. The lowest BCUT2D eigenvalue weighted by Crippen LogP contribution is -2.54. The largest absolute Gasteiger partial charge is 0.337 e. The highest BCUT2D eigenvalue weighted by Gasteiger charge is 2.35. The van der Waals surface area contributed by atoms with Crippen molar-refractivity contribution in [2.75, 3.05) is 42.5 Å². The van der Waals surface area contributed by atoms with Crippen LogP contribution in [0.5, 0.6) is 0 Å². The predicted molar refractivity (Wildman–Crippen MR) is 102 cm³/mol. The van der Waals surface area contributed by atoms with E-state index in [0.717, 1.165) is 5.69 Å². The summed E-state index contributed by atoms with van der Waals surface area (Å²) in [5.74, 6) is 0.632. The number of aromatic nitrogens is 2. The van der Waals surface area contributed by atoms with Crippen LogP contribution < -0.4 is 15.1 Å². The van der Waals surface area contributed by atoms with Gasteiger partial charge in [0.05, 0.1) is 0 Å². The summed E-state index contributed by atoms with van der Waals surface area (Å²) in [5, 5.41) is 2.90. The Hall–Kier alpha value is -3.16. The van der Waals surface area contributed by atoms with Crippen LogP contribution in [0.1, 0.15) is 6.42 Å². The van der Waals surface area contributed by atoms with Crippen molar-refractivity contribution in [3.05, 3.63) is 48.8 Å². The Bertz CT molecular complexity index is 792. The van der Waals surface area contributed by atoms with Crippen molar-refractivity contribution in [1.29, 1.82) is 0 Å². The number of benzene rings is 1. The minimum Gasteiger partial charge on any atom is -0.337 e. The van der Waals surface area contributed by atoms with E-state index in [9.17, 15) is 9.59 Å². The number of nitrogens with zero attached hydrogens (tertiary/aromatic N) is 5. The van der Waals surface area contributed by atoms with Gasteiger partial charge in [0.15, 0.2) is 0 Å². The third-order valence-corrected chi connectivity index (χ3v) is 4.97. The van der Waals surface area contributed by atoms with E-state index in [1.54, 1.807) is 28.3 Å². The predicted octanol–water partition coefficient (Wildman–Crippen LogP) is 1.11. The van der Waals surface area contributed by atoms with Gasteiger partial charge >= 0.3 is 6.03 Å². The van der Waals surface area contributed by atoms with Crippen LogP contribution in [-0.2, 0) is 4.79 Å². The van der Waals surface area contributed by atoms with Crippen molar-refractivity contribution >= 4 is 23.6 Å². The molecular formula is C19H22N6O2. The average Bonchev–Trinajstić information content (AvgIpc) is 3.09. The first-order valence-electron chi connectivity index (χ1n) is 9.16. The molecule has 1 atom stereocenters. The number of carbonyl (C=O) groups excluding carboxylic acids is 2. The van der Waals surface area contributed by atoms with E-state index in [1.807, 2.05) is 30.3 Å². The third-order valence-electron chi connectivity index (χ3n) is 4.97. The van der Waals surface area contributed by atoms with Crippen LogP contribution in [0.25, 0.3) is 0 Å². The molecule has 3 heterocycles. The fourth-order valence-electron chi connectivity index (χ4n) is 3.48. The number of amides is 3. The summed E-state index contributed by atoms with van der Waals surface area (Å²) in [6.07, 6.45) is 4.05. The zero-order valence-corrected chi connectivity index (χ0v) is 15.0. The SMILES string of the molecule is O=C(NC1CCN(c2ccccc2)C1=O)N1CCN(c2ncccn2)CC1. The maximum absolute atomic E-state index is 12.6. The number of para-hydroxylation sites is 1. The summed E-state index contributed by atoms with van der Waals surface area (Å²) >= 11 is 0. The summed E-state index contributed by atoms with van der Waals surface area (Å²) in [6.45, 7) is 3.12. The van der Waals surface area contributed by atoms with E-state index < -0.39 is 6.04 Å². The van der Waals surface area contributed by atoms with Gasteiger partial charge in [0.25, 0.3) is 0 Å². The number of carbonyl (C=O) groups is 2. The molecule has 0 aliphatic carbocycles. The molecule has 140 valence electrons. The molecule has 2 aliphatic heterocycles. The van der Waals surface area contributed by atoms with E-state index in [0.29, 0.717) is 45.1 Å². The van der Waals surface area contributed by atoms with Crippen LogP contribution in [0.4, 0.5) is 16.4 Å². The van der Waals surface area contributed by atoms with Gasteiger partial charge in [-0.25, -0.2) is 14.8 Å². The number of rotatable bonds is 3. The molecule has 27 heavy (non-hydrogen) atoms. The molecule has 1 unspecified atom stereocenters. The minimum atomic E-state index is -0.465. The molecule has 8 heteroatoms. The molecule has 3 amide bonds. The summed E-state index contributed by atoms with van der Waals surface area (Å²) in [4.78, 5) is 39.2. The van der Waals surface area contributed by atoms with Crippen LogP contribution >= 0.6 is 0 Å². The van der Waals surface area contributed by atoms with Crippen LogP contribution in [0.15, 0.2) is 48.8 Å². The number of piperazine rings is 1. The summed E-state index contributed by atoms with van der Waals surface area (Å²) < 4.78 is 0. The van der Waals surface area contributed by atoms with Gasteiger partial charge in [-0.3, -0.25) is 4.79 Å². The van der Waals surface area contributed by atoms with E-state index in [-0.39, 0.29) is 11.9 Å². The average molecular weight is 366 g/mol. The number of hydrogen-bond acceptors (Lipinski definition) is 5. The topological polar surface area (TPSA) is 81.7 Å². The van der Waals surface area contributed by atoms with Gasteiger partial charge in [0.2, 0.25) is 11.9 Å². The van der Waals surface area contributed by atoms with Gasteiger partial charge in [-0.1, -0.05) is 18.2 Å². The van der Waals surface area contributed by atoms with Crippen molar-refractivity contribution in [2.24, 2.45) is 0 Å². The van der Waals surface area contributed by atoms with Crippen molar-refractivity contribution in [1.82, 2.24) is 20.2 Å². The highest BCUT2D eigenvalue weighted by Crippen LogP contribution is 2.21. The smallest absolute Gasteiger partial charge is 0.318 e. The number of urea groups is 1. The molecule has 2 aromatic rings. The molecule has 1 N–H and O–H groups in total. The lowest BCUT2D eigenvalue weighted by Gasteiger charge is -2.35. The van der Waals surface area contributed by atoms with Crippen molar-refractivity contribution in [3.63, 3.8) is 0 Å². The number of hydrogen-bond donors (Lipinski definition) is 1. The molecule has 0 spiro atoms. The summed E-state index contributed by atoms with van der Waals surface area (Å²) in [5.41, 5.74) is 0.871. The normalized spacial score (nSPS) is 20.1. The van der Waals surface area contributed by atoms with E-state index in [1.165, 1.54) is 0 Å².